The SMILES string of the molecule is [2H]c1c([2H])c([2H])c2c(c1[2H])c1c([2H])c(C)c([2H])c([2H])c1n2-c1nc(-c2cccc([Si](c3ccccc3)(c3ccccc3)c3ccccc3)c2)nc(-n2c3c([2H])c([2H])c([2H])c([2H])c3c3c([2H])c(C)c([2H])c([2H])c32)n1. The molecule has 280 valence electrons. The Morgan fingerprint density at radius 1 is 0.424 bits per heavy atom. The van der Waals surface area contributed by atoms with Crippen molar-refractivity contribution in [1.29, 1.82) is 0 Å². The van der Waals surface area contributed by atoms with Crippen molar-refractivity contribution >= 4 is 72.4 Å². The van der Waals surface area contributed by atoms with Gasteiger partial charge in [-0.15, -0.1) is 0 Å². The van der Waals surface area contributed by atoms with Crippen molar-refractivity contribution < 1.29 is 19.2 Å². The lowest BCUT2D eigenvalue weighted by molar-refractivity contribution is 0.893. The van der Waals surface area contributed by atoms with E-state index in [-0.39, 0.29) is 96.6 Å². The molecular weight excluding hydrogens is 735 g/mol. The molecule has 8 aromatic carbocycles. The summed E-state index contributed by atoms with van der Waals surface area (Å²) in [6.07, 6.45) is 0. The smallest absolute Gasteiger partial charge is 0.240 e. The van der Waals surface area contributed by atoms with Crippen LogP contribution >= 0.6 is 0 Å². The molecule has 0 spiro atoms. The molecule has 11 rings (SSSR count). The third kappa shape index (κ3) is 5.56. The summed E-state index contributed by atoms with van der Waals surface area (Å²) in [5.74, 6) is -0.788. The largest absolute Gasteiger partial charge is 0.278 e. The Morgan fingerprint density at radius 2 is 0.847 bits per heavy atom. The fraction of sp³-hybridized carbons (Fsp3) is 0.0377. The molecule has 0 aliphatic rings. The molecule has 0 fully saturated rings. The fourth-order valence-electron chi connectivity index (χ4n) is 8.26. The number of benzene rings is 8. The van der Waals surface area contributed by atoms with Crippen LogP contribution in [0.25, 0.3) is 66.9 Å². The zero-order valence-corrected chi connectivity index (χ0v) is 32.7. The van der Waals surface area contributed by atoms with Gasteiger partial charge in [-0.2, -0.15) is 15.0 Å². The van der Waals surface area contributed by atoms with E-state index >= 15 is 0 Å². The topological polar surface area (TPSA) is 48.5 Å². The van der Waals surface area contributed by atoms with Crippen molar-refractivity contribution in [1.82, 2.24) is 24.1 Å². The van der Waals surface area contributed by atoms with Gasteiger partial charge >= 0.3 is 0 Å². The highest BCUT2D eigenvalue weighted by molar-refractivity contribution is 7.19. The minimum absolute atomic E-state index is 0.0528. The van der Waals surface area contributed by atoms with Gasteiger partial charge in [0.25, 0.3) is 0 Å². The molecule has 0 atom stereocenters. The summed E-state index contributed by atoms with van der Waals surface area (Å²) < 4.78 is 130. The molecule has 59 heavy (non-hydrogen) atoms. The monoisotopic (exact) mass is 787 g/mol. The molecule has 0 saturated carbocycles. The van der Waals surface area contributed by atoms with Gasteiger partial charge in [0, 0.05) is 27.1 Å². The van der Waals surface area contributed by atoms with Gasteiger partial charge in [0.2, 0.25) is 11.9 Å². The zero-order chi connectivity index (χ0) is 51.7. The average Bonchev–Trinajstić information content (AvgIpc) is 3.98. The molecule has 0 saturated heterocycles. The molecule has 11 aromatic rings. The predicted molar refractivity (Wildman–Crippen MR) is 247 cm³/mol. The first-order valence-electron chi connectivity index (χ1n) is 26.0. The first kappa shape index (κ1) is 23.1. The van der Waals surface area contributed by atoms with Crippen LogP contribution in [0.15, 0.2) is 200 Å². The van der Waals surface area contributed by atoms with E-state index in [1.54, 1.807) is 6.07 Å². The van der Waals surface area contributed by atoms with Crippen LogP contribution in [0.5, 0.6) is 0 Å². The molecule has 3 heterocycles. The zero-order valence-electron chi connectivity index (χ0n) is 45.7. The van der Waals surface area contributed by atoms with Crippen molar-refractivity contribution in [3.05, 3.63) is 211 Å². The highest BCUT2D eigenvalue weighted by atomic mass is 28.3. The van der Waals surface area contributed by atoms with E-state index in [0.29, 0.717) is 5.56 Å². The molecule has 0 aliphatic carbocycles. The van der Waals surface area contributed by atoms with Gasteiger partial charge in [-0.05, 0) is 70.8 Å². The first-order valence-corrected chi connectivity index (χ1v) is 21.0. The van der Waals surface area contributed by atoms with Crippen molar-refractivity contribution in [3.63, 3.8) is 0 Å². The summed E-state index contributed by atoms with van der Waals surface area (Å²) in [5.41, 5.74) is -0.183. The maximum absolute atomic E-state index is 9.43. The second-order valence-corrected chi connectivity index (χ2v) is 18.1. The van der Waals surface area contributed by atoms with Crippen molar-refractivity contribution in [3.8, 4) is 23.3 Å². The van der Waals surface area contributed by atoms with E-state index < -0.39 is 68.5 Å². The van der Waals surface area contributed by atoms with Gasteiger partial charge in [0.05, 0.1) is 41.3 Å². The van der Waals surface area contributed by atoms with Crippen LogP contribution < -0.4 is 20.7 Å². The quantitative estimate of drug-likeness (QED) is 0.119. The number of hydrogen-bond acceptors (Lipinski definition) is 3. The Morgan fingerprint density at radius 3 is 1.32 bits per heavy atom. The maximum atomic E-state index is 9.43. The van der Waals surface area contributed by atoms with Gasteiger partial charge in [-0.1, -0.05) is 175 Å². The summed E-state index contributed by atoms with van der Waals surface area (Å²) in [6, 6.07) is 31.5. The molecule has 0 bridgehead atoms. The minimum Gasteiger partial charge on any atom is -0.278 e. The van der Waals surface area contributed by atoms with Gasteiger partial charge in [-0.3, -0.25) is 9.13 Å². The van der Waals surface area contributed by atoms with Crippen molar-refractivity contribution in [2.75, 3.05) is 0 Å². The summed E-state index contributed by atoms with van der Waals surface area (Å²) in [5, 5.41) is 3.74. The Hall–Kier alpha value is -7.41. The molecule has 0 unspecified atom stereocenters. The van der Waals surface area contributed by atoms with E-state index in [1.807, 2.05) is 72.8 Å². The highest BCUT2D eigenvalue weighted by Gasteiger charge is 2.41. The molecule has 5 nitrogen and oxygen atoms in total. The number of hydrogen-bond donors (Lipinski definition) is 0. The lowest BCUT2D eigenvalue weighted by Gasteiger charge is -2.34. The Kier molecular flexibility index (Phi) is 5.44. The number of fused-ring (bicyclic) bond motifs is 6. The van der Waals surface area contributed by atoms with E-state index in [1.165, 1.54) is 23.0 Å². The second-order valence-electron chi connectivity index (χ2n) is 14.3. The van der Waals surface area contributed by atoms with Gasteiger partial charge in [0.15, 0.2) is 13.9 Å². The van der Waals surface area contributed by atoms with Crippen LogP contribution in [0.2, 0.25) is 0 Å². The number of rotatable bonds is 7. The maximum Gasteiger partial charge on any atom is 0.240 e. The molecule has 0 aliphatic heterocycles. The summed E-state index contributed by atoms with van der Waals surface area (Å²) in [7, 11) is -3.23. The summed E-state index contributed by atoms with van der Waals surface area (Å²) >= 11 is 0. The van der Waals surface area contributed by atoms with Crippen LogP contribution in [-0.4, -0.2) is 32.2 Å². The summed E-state index contributed by atoms with van der Waals surface area (Å²) in [4.78, 5) is 15.1. The normalized spacial score (nSPS) is 15.2. The molecule has 0 N–H and O–H groups in total. The standard InChI is InChI=1S/C53H39N5Si/c1-36-29-31-49-45(33-36)43-25-12-14-27-47(43)57(49)52-54-51(55-53(56-52)58-48-28-15-13-26-44(48)46-34-37(2)30-32-50(46)58)38-17-16-24-42(35-38)59(39-18-6-3-7-19-39,40-20-8-4-9-21-40)41-22-10-5-11-23-41/h3-35H,1-2H3/i12D,13D,14D,15D,25D,26D,27D,28D,29D,30D,31D,32D,33D,34D. The van der Waals surface area contributed by atoms with Crippen LogP contribution in [0, 0.1) is 13.8 Å². The van der Waals surface area contributed by atoms with Crippen molar-refractivity contribution in [2.24, 2.45) is 0 Å². The number of aromatic nitrogens is 5. The Bertz CT molecular complexity index is 3740. The Balaban J connectivity index is 1.35. The molecule has 3 aromatic heterocycles. The average molecular weight is 788 g/mol. The van der Waals surface area contributed by atoms with Crippen LogP contribution in [-0.2, 0) is 0 Å². The lowest BCUT2D eigenvalue weighted by atomic mass is 10.1. The van der Waals surface area contributed by atoms with E-state index in [9.17, 15) is 8.22 Å². The fourth-order valence-corrected chi connectivity index (χ4v) is 13.1. The molecular formula is C53H39N5Si. The molecule has 6 heteroatoms. The Labute approximate surface area is 363 Å². The molecule has 0 amide bonds. The highest BCUT2D eigenvalue weighted by Crippen LogP contribution is 2.35. The van der Waals surface area contributed by atoms with Gasteiger partial charge < -0.3 is 0 Å². The first-order chi connectivity index (χ1) is 34.9. The van der Waals surface area contributed by atoms with Crippen LogP contribution in [0.1, 0.15) is 30.3 Å². The van der Waals surface area contributed by atoms with E-state index in [4.69, 9.17) is 25.9 Å². The number of nitrogens with zero attached hydrogens (tertiary/aromatic N) is 5. The lowest BCUT2D eigenvalue weighted by Crippen LogP contribution is -2.74. The van der Waals surface area contributed by atoms with Gasteiger partial charge in [0.1, 0.15) is 0 Å². The summed E-state index contributed by atoms with van der Waals surface area (Å²) in [6.45, 7) is 2.97. The van der Waals surface area contributed by atoms with Gasteiger partial charge in [-0.25, -0.2) is 0 Å². The van der Waals surface area contributed by atoms with Crippen molar-refractivity contribution in [2.45, 2.75) is 13.8 Å². The minimum atomic E-state index is -3.23. The van der Waals surface area contributed by atoms with Crippen LogP contribution in [0.4, 0.5) is 0 Å². The van der Waals surface area contributed by atoms with E-state index in [2.05, 4.69) is 36.4 Å². The van der Waals surface area contributed by atoms with E-state index in [0.717, 1.165) is 20.7 Å². The second kappa shape index (κ2) is 13.9. The third-order valence-corrected chi connectivity index (χ3v) is 15.5. The number of para-hydroxylation sites is 2. The van der Waals surface area contributed by atoms with Crippen LogP contribution in [0.3, 0.4) is 0 Å². The predicted octanol–water partition coefficient (Wildman–Crippen LogP) is 9.73. The third-order valence-electron chi connectivity index (χ3n) is 10.8. The molecule has 0 radical (unpaired) electrons.